The predicted molar refractivity (Wildman–Crippen MR) is 138 cm³/mol. The Morgan fingerprint density at radius 2 is 1.25 bits per heavy atom. The van der Waals surface area contributed by atoms with Gasteiger partial charge in [0.15, 0.2) is 11.5 Å². The van der Waals surface area contributed by atoms with Crippen LogP contribution in [0.15, 0.2) is 30.0 Å². The Kier molecular flexibility index (Phi) is 7.14. The molecule has 1 aliphatic rings. The fraction of sp³-hybridized carbons (Fsp3) is 0.615. The summed E-state index contributed by atoms with van der Waals surface area (Å²) < 4.78 is 12.9. The van der Waals surface area contributed by atoms with Crippen LogP contribution in [0.1, 0.15) is 76.1 Å². The van der Waals surface area contributed by atoms with Crippen LogP contribution in [-0.2, 0) is 4.43 Å². The zero-order valence-electron chi connectivity index (χ0n) is 22.1. The van der Waals surface area contributed by atoms with E-state index in [1.54, 1.807) is 12.1 Å². The fourth-order valence-electron chi connectivity index (χ4n) is 3.73. The van der Waals surface area contributed by atoms with Crippen LogP contribution in [-0.4, -0.2) is 28.2 Å². The van der Waals surface area contributed by atoms with Crippen LogP contribution in [0.3, 0.4) is 0 Å². The maximum absolute atomic E-state index is 13.4. The summed E-state index contributed by atoms with van der Waals surface area (Å²) in [5.74, 6) is 1.06. The molecule has 32 heavy (non-hydrogen) atoms. The molecule has 2 rings (SSSR count). The molecule has 0 aliphatic heterocycles. The van der Waals surface area contributed by atoms with Gasteiger partial charge in [0.2, 0.25) is 5.78 Å². The quantitative estimate of drug-likeness (QED) is 0.363. The average Bonchev–Trinajstić information content (AvgIpc) is 2.64. The van der Waals surface area contributed by atoms with Crippen molar-refractivity contribution in [1.29, 1.82) is 0 Å². The molecule has 0 atom stereocenters. The zero-order valence-corrected chi connectivity index (χ0v) is 24.1. The molecule has 0 unspecified atom stereocenters. The molecule has 0 N–H and O–H groups in total. The molecule has 0 bridgehead atoms. The third-order valence-corrected chi connectivity index (χ3v) is 17.5. The van der Waals surface area contributed by atoms with E-state index in [0.717, 1.165) is 0 Å². The molecular formula is C26H42O4Si2. The average molecular weight is 475 g/mol. The van der Waals surface area contributed by atoms with Gasteiger partial charge in [0, 0.05) is 11.6 Å². The lowest BCUT2D eigenvalue weighted by molar-refractivity contribution is 0.0939. The molecule has 0 radical (unpaired) electrons. The van der Waals surface area contributed by atoms with Crippen LogP contribution < -0.4 is 4.43 Å². The van der Waals surface area contributed by atoms with Gasteiger partial charge in [0.25, 0.3) is 16.6 Å². The molecule has 0 saturated heterocycles. The predicted octanol–water partition coefficient (Wildman–Crippen LogP) is 7.63. The molecule has 178 valence electrons. The monoisotopic (exact) mass is 474 g/mol. The first-order valence-corrected chi connectivity index (χ1v) is 17.5. The summed E-state index contributed by atoms with van der Waals surface area (Å²) in [6, 6.07) is 5.33. The van der Waals surface area contributed by atoms with E-state index >= 15 is 0 Å². The molecule has 0 spiro atoms. The van der Waals surface area contributed by atoms with Crippen LogP contribution >= 0.6 is 0 Å². The second kappa shape index (κ2) is 8.60. The molecule has 6 heteroatoms. The molecule has 0 saturated carbocycles. The van der Waals surface area contributed by atoms with Crippen molar-refractivity contribution >= 4 is 28.2 Å². The lowest BCUT2D eigenvalue weighted by atomic mass is 9.93. The lowest BCUT2D eigenvalue weighted by Crippen LogP contribution is -2.48. The Morgan fingerprint density at radius 3 is 1.72 bits per heavy atom. The standard InChI is InChI=1S/C26H42O4Si2/c1-17(2)25(5,6)31(9,10)29-21-15-13-14-19-23(21)20(27)16-22(24(19)28)30-32(11,12)26(7,8)18(3)4/h13-18H,1-12H3. The van der Waals surface area contributed by atoms with Crippen LogP contribution in [0, 0.1) is 11.8 Å². The van der Waals surface area contributed by atoms with Gasteiger partial charge in [-0.1, -0.05) is 61.5 Å². The van der Waals surface area contributed by atoms with Gasteiger partial charge in [-0.15, -0.1) is 0 Å². The molecule has 0 heterocycles. The Labute approximate surface area is 197 Å². The van der Waals surface area contributed by atoms with Crippen molar-refractivity contribution in [1.82, 2.24) is 0 Å². The van der Waals surface area contributed by atoms with E-state index in [1.807, 2.05) is 6.07 Å². The second-order valence-corrected chi connectivity index (χ2v) is 20.9. The molecular weight excluding hydrogens is 432 g/mol. The van der Waals surface area contributed by atoms with Gasteiger partial charge < -0.3 is 8.85 Å². The van der Waals surface area contributed by atoms with Gasteiger partial charge in [-0.3, -0.25) is 9.59 Å². The first-order chi connectivity index (χ1) is 14.4. The molecule has 4 nitrogen and oxygen atoms in total. The molecule has 1 aliphatic carbocycles. The number of carbonyl (C=O) groups excluding carboxylic acids is 2. The van der Waals surface area contributed by atoms with Gasteiger partial charge in [-0.25, -0.2) is 0 Å². The minimum Gasteiger partial charge on any atom is -0.543 e. The van der Waals surface area contributed by atoms with E-state index in [-0.39, 0.29) is 27.4 Å². The van der Waals surface area contributed by atoms with Crippen molar-refractivity contribution in [2.24, 2.45) is 11.8 Å². The first kappa shape index (κ1) is 26.6. The first-order valence-electron chi connectivity index (χ1n) is 11.7. The van der Waals surface area contributed by atoms with Crippen molar-refractivity contribution in [2.45, 2.75) is 91.7 Å². The minimum atomic E-state index is -2.33. The highest BCUT2D eigenvalue weighted by Gasteiger charge is 2.48. The summed E-state index contributed by atoms with van der Waals surface area (Å²) in [5, 5.41) is -0.0833. The van der Waals surface area contributed by atoms with Crippen LogP contribution in [0.25, 0.3) is 0 Å². The van der Waals surface area contributed by atoms with Crippen molar-refractivity contribution in [3.63, 3.8) is 0 Å². The molecule has 0 aromatic heterocycles. The third-order valence-electron chi connectivity index (χ3n) is 8.72. The van der Waals surface area contributed by atoms with Gasteiger partial charge >= 0.3 is 0 Å². The number of allylic oxidation sites excluding steroid dienone is 2. The van der Waals surface area contributed by atoms with Crippen LogP contribution in [0.2, 0.25) is 36.3 Å². The number of Topliss-reactive ketones (excluding diaryl/α,β-unsaturated/α-hetero) is 1. The van der Waals surface area contributed by atoms with Crippen molar-refractivity contribution in [3.8, 4) is 5.75 Å². The van der Waals surface area contributed by atoms with E-state index in [1.165, 1.54) is 6.08 Å². The number of benzene rings is 1. The topological polar surface area (TPSA) is 52.6 Å². The Morgan fingerprint density at radius 1 is 0.781 bits per heavy atom. The SMILES string of the molecule is CC(C)C(C)(C)[Si](C)(C)OC1=CC(=O)c2c(O[Si](C)(C)C(C)(C)C(C)C)cccc2C1=O. The summed E-state index contributed by atoms with van der Waals surface area (Å²) in [5.41, 5.74) is 0.747. The van der Waals surface area contributed by atoms with E-state index < -0.39 is 16.6 Å². The van der Waals surface area contributed by atoms with E-state index in [4.69, 9.17) is 8.85 Å². The Balaban J connectivity index is 2.46. The second-order valence-electron chi connectivity index (χ2n) is 11.9. The normalized spacial score (nSPS) is 15.8. The number of hydrogen-bond acceptors (Lipinski definition) is 4. The summed E-state index contributed by atoms with van der Waals surface area (Å²) in [7, 11) is -4.58. The fourth-order valence-corrected chi connectivity index (χ4v) is 8.46. The van der Waals surface area contributed by atoms with Gasteiger partial charge in [0.05, 0.1) is 5.56 Å². The van der Waals surface area contributed by atoms with Crippen LogP contribution in [0.4, 0.5) is 0 Å². The van der Waals surface area contributed by atoms with Gasteiger partial charge in [-0.2, -0.15) is 0 Å². The summed E-state index contributed by atoms with van der Waals surface area (Å²) in [6.45, 7) is 26.1. The molecule has 0 fully saturated rings. The van der Waals surface area contributed by atoms with Crippen molar-refractivity contribution in [2.75, 3.05) is 0 Å². The minimum absolute atomic E-state index is 0.0143. The highest BCUT2D eigenvalue weighted by atomic mass is 28.4. The van der Waals surface area contributed by atoms with Crippen LogP contribution in [0.5, 0.6) is 5.75 Å². The highest BCUT2D eigenvalue weighted by Crippen LogP contribution is 2.47. The maximum atomic E-state index is 13.4. The third kappa shape index (κ3) is 4.53. The Hall–Kier alpha value is -1.67. The van der Waals surface area contributed by atoms with E-state index in [0.29, 0.717) is 28.7 Å². The maximum Gasteiger partial charge on any atom is 0.251 e. The number of hydrogen-bond donors (Lipinski definition) is 0. The lowest BCUT2D eigenvalue weighted by Gasteiger charge is -2.43. The summed E-state index contributed by atoms with van der Waals surface area (Å²) in [6.07, 6.45) is 1.38. The smallest absolute Gasteiger partial charge is 0.251 e. The van der Waals surface area contributed by atoms with Crippen molar-refractivity contribution < 1.29 is 18.4 Å². The van der Waals surface area contributed by atoms with E-state index in [9.17, 15) is 9.59 Å². The highest BCUT2D eigenvalue weighted by molar-refractivity contribution is 6.75. The summed E-state index contributed by atoms with van der Waals surface area (Å²) >= 11 is 0. The number of fused-ring (bicyclic) bond motifs is 1. The molecule has 1 aromatic rings. The Bertz CT molecular complexity index is 937. The number of rotatable bonds is 8. The number of carbonyl (C=O) groups is 2. The number of ketones is 2. The van der Waals surface area contributed by atoms with Gasteiger partial charge in [0.1, 0.15) is 5.75 Å². The molecule has 1 aromatic carbocycles. The van der Waals surface area contributed by atoms with Crippen molar-refractivity contribution in [3.05, 3.63) is 41.2 Å². The van der Waals surface area contributed by atoms with Gasteiger partial charge in [-0.05, 0) is 60.2 Å². The zero-order chi connectivity index (χ0) is 24.9. The molecule has 0 amide bonds. The summed E-state index contributed by atoms with van der Waals surface area (Å²) in [4.78, 5) is 26.6. The largest absolute Gasteiger partial charge is 0.543 e. The van der Waals surface area contributed by atoms with E-state index in [2.05, 4.69) is 81.6 Å².